The Hall–Kier alpha value is -2.17. The van der Waals surface area contributed by atoms with Gasteiger partial charge in [-0.2, -0.15) is 0 Å². The predicted molar refractivity (Wildman–Crippen MR) is 81.5 cm³/mol. The molecule has 1 unspecified atom stereocenters. The molecule has 0 spiro atoms. The molecule has 24 heavy (non-hydrogen) atoms. The average molecular weight is 346 g/mol. The van der Waals surface area contributed by atoms with E-state index in [0.717, 1.165) is 0 Å². The number of rotatable bonds is 8. The first kappa shape index (κ1) is 19.9. The fourth-order valence-electron chi connectivity index (χ4n) is 2.36. The summed E-state index contributed by atoms with van der Waals surface area (Å²) in [5.41, 5.74) is -1.46. The quantitative estimate of drug-likeness (QED) is 0.300. The number of hydrogen-bond acceptors (Lipinski definition) is 8. The van der Waals surface area contributed by atoms with Gasteiger partial charge in [-0.25, -0.2) is 4.79 Å². The number of hydrogen-bond donors (Lipinski definition) is 6. The number of nitrogens with zero attached hydrogens (tertiary/aromatic N) is 1. The van der Waals surface area contributed by atoms with Gasteiger partial charge < -0.3 is 35.6 Å². The lowest BCUT2D eigenvalue weighted by Crippen LogP contribution is -2.45. The van der Waals surface area contributed by atoms with Gasteiger partial charge in [-0.3, -0.25) is 9.79 Å². The number of aliphatic hydroxyl groups excluding tert-OH is 2. The number of methoxy groups -OCH3 is 1. The van der Waals surface area contributed by atoms with E-state index < -0.39 is 42.8 Å². The maximum atomic E-state index is 11.2. The Labute approximate surface area is 138 Å². The van der Waals surface area contributed by atoms with Gasteiger partial charge in [-0.1, -0.05) is 0 Å². The van der Waals surface area contributed by atoms with E-state index in [1.807, 2.05) is 0 Å². The predicted octanol–water partition coefficient (Wildman–Crippen LogP) is -1.69. The molecule has 0 aromatic heterocycles. The van der Waals surface area contributed by atoms with E-state index in [1.165, 1.54) is 14.0 Å². The second kappa shape index (κ2) is 8.08. The summed E-state index contributed by atoms with van der Waals surface area (Å²) in [6.45, 7) is 0.146. The highest BCUT2D eigenvalue weighted by molar-refractivity contribution is 6.02. The molecule has 0 fully saturated rings. The minimum absolute atomic E-state index is 0.0153. The molecule has 0 aliphatic heterocycles. The van der Waals surface area contributed by atoms with Crippen molar-refractivity contribution in [1.29, 1.82) is 0 Å². The first-order chi connectivity index (χ1) is 11.1. The minimum Gasteiger partial charge on any atom is -0.493 e. The van der Waals surface area contributed by atoms with Gasteiger partial charge in [0.25, 0.3) is 0 Å². The summed E-state index contributed by atoms with van der Waals surface area (Å²) in [4.78, 5) is 25.9. The van der Waals surface area contributed by atoms with Gasteiger partial charge in [0.15, 0.2) is 11.8 Å². The number of aliphatic imine (C=N–C) groups is 1. The van der Waals surface area contributed by atoms with E-state index >= 15 is 0 Å². The van der Waals surface area contributed by atoms with Crippen molar-refractivity contribution < 1.29 is 39.9 Å². The third-order valence-electron chi connectivity index (χ3n) is 3.49. The number of aliphatic hydroxyl groups is 3. The molecule has 6 N–H and O–H groups in total. The summed E-state index contributed by atoms with van der Waals surface area (Å²) >= 11 is 0. The molecule has 0 amide bonds. The lowest BCUT2D eigenvalue weighted by molar-refractivity contribution is -0.140. The van der Waals surface area contributed by atoms with Crippen LogP contribution in [0, 0.1) is 0 Å². The first-order valence-electron chi connectivity index (χ1n) is 7.17. The highest BCUT2D eigenvalue weighted by Crippen LogP contribution is 2.30. The Kier molecular flexibility index (Phi) is 6.70. The molecule has 0 saturated carbocycles. The molecule has 0 radical (unpaired) electrons. The van der Waals surface area contributed by atoms with Crippen LogP contribution in [0.4, 0.5) is 0 Å². The van der Waals surface area contributed by atoms with Crippen molar-refractivity contribution in [3.63, 3.8) is 0 Å². The van der Waals surface area contributed by atoms with Crippen LogP contribution >= 0.6 is 0 Å². The van der Waals surface area contributed by atoms with Crippen molar-refractivity contribution in [2.75, 3.05) is 20.3 Å². The number of carboxylic acids is 2. The molecule has 10 heteroatoms. The van der Waals surface area contributed by atoms with Crippen molar-refractivity contribution in [3.8, 4) is 0 Å². The molecule has 0 aromatic carbocycles. The van der Waals surface area contributed by atoms with Crippen LogP contribution in [-0.4, -0.2) is 81.2 Å². The Balaban J connectivity index is 3.33. The Morgan fingerprint density at radius 1 is 1.38 bits per heavy atom. The van der Waals surface area contributed by atoms with Crippen LogP contribution in [0.1, 0.15) is 19.8 Å². The van der Waals surface area contributed by atoms with Crippen LogP contribution in [0.3, 0.4) is 0 Å². The van der Waals surface area contributed by atoms with Crippen molar-refractivity contribution in [2.24, 2.45) is 4.99 Å². The van der Waals surface area contributed by atoms with E-state index in [9.17, 15) is 24.9 Å². The lowest BCUT2D eigenvalue weighted by Gasteiger charge is -2.34. The molecular formula is C14H22N2O8. The van der Waals surface area contributed by atoms with Gasteiger partial charge >= 0.3 is 11.9 Å². The van der Waals surface area contributed by atoms with Gasteiger partial charge in [0.1, 0.15) is 6.54 Å². The standard InChI is InChI=1S/C14H22N2O8/c1-7(18)11(13(21)22)16-9-4-14(23,6-17)3-8(12(9)24-2)15-5-10(19)20/h7,11,15,17-18,23H,3-6H2,1-2H3,(H,19,20)(H,21,22)/t7-,11+,14?/m1/s1. The Morgan fingerprint density at radius 2 is 2.00 bits per heavy atom. The first-order valence-corrected chi connectivity index (χ1v) is 7.17. The van der Waals surface area contributed by atoms with Crippen LogP contribution in [0.5, 0.6) is 0 Å². The normalized spacial score (nSPS) is 25.3. The fourth-order valence-corrected chi connectivity index (χ4v) is 2.36. The van der Waals surface area contributed by atoms with Gasteiger partial charge in [-0.05, 0) is 6.92 Å². The zero-order chi connectivity index (χ0) is 18.5. The fraction of sp³-hybridized carbons (Fsp3) is 0.643. The summed E-state index contributed by atoms with van der Waals surface area (Å²) in [6, 6.07) is -1.49. The van der Waals surface area contributed by atoms with Gasteiger partial charge in [0.05, 0.1) is 36.8 Å². The zero-order valence-corrected chi connectivity index (χ0v) is 13.4. The molecule has 10 nitrogen and oxygen atoms in total. The van der Waals surface area contributed by atoms with Gasteiger partial charge in [0, 0.05) is 12.8 Å². The van der Waals surface area contributed by atoms with Crippen molar-refractivity contribution in [1.82, 2.24) is 5.32 Å². The summed E-state index contributed by atoms with van der Waals surface area (Å²) in [5.74, 6) is -2.44. The van der Waals surface area contributed by atoms with Gasteiger partial charge in [0.2, 0.25) is 0 Å². The number of ether oxygens (including phenoxy) is 1. The third kappa shape index (κ3) is 4.91. The van der Waals surface area contributed by atoms with E-state index in [-0.39, 0.29) is 30.0 Å². The molecule has 136 valence electrons. The van der Waals surface area contributed by atoms with Crippen molar-refractivity contribution in [3.05, 3.63) is 11.5 Å². The molecule has 0 saturated heterocycles. The number of allylic oxidation sites excluding steroid dienone is 1. The van der Waals surface area contributed by atoms with E-state index in [2.05, 4.69) is 10.3 Å². The van der Waals surface area contributed by atoms with E-state index in [0.29, 0.717) is 0 Å². The SMILES string of the molecule is COC1=C(NCC(=O)O)CC(O)(CO)CC1=N[C@H](C(=O)O)[C@@H](C)O. The molecule has 0 heterocycles. The summed E-state index contributed by atoms with van der Waals surface area (Å²) < 4.78 is 5.17. The highest BCUT2D eigenvalue weighted by Gasteiger charge is 2.39. The molecule has 1 aliphatic carbocycles. The molecule has 1 aliphatic rings. The molecule has 1 rings (SSSR count). The second-order valence-corrected chi connectivity index (χ2v) is 5.59. The van der Waals surface area contributed by atoms with Crippen LogP contribution in [0.2, 0.25) is 0 Å². The molecule has 0 bridgehead atoms. The number of carboxylic acid groups (broad SMARTS) is 2. The average Bonchev–Trinajstić information content (AvgIpc) is 2.49. The molecule has 3 atom stereocenters. The number of carbonyl (C=O) groups is 2. The minimum atomic E-state index is -1.65. The van der Waals surface area contributed by atoms with Crippen molar-refractivity contribution in [2.45, 2.75) is 37.5 Å². The van der Waals surface area contributed by atoms with Crippen LogP contribution < -0.4 is 5.32 Å². The number of nitrogens with one attached hydrogen (secondary N) is 1. The largest absolute Gasteiger partial charge is 0.493 e. The lowest BCUT2D eigenvalue weighted by atomic mass is 9.85. The van der Waals surface area contributed by atoms with E-state index in [1.54, 1.807) is 0 Å². The van der Waals surface area contributed by atoms with Crippen LogP contribution in [-0.2, 0) is 14.3 Å². The Morgan fingerprint density at radius 3 is 2.42 bits per heavy atom. The zero-order valence-electron chi connectivity index (χ0n) is 13.4. The monoisotopic (exact) mass is 346 g/mol. The molecular weight excluding hydrogens is 324 g/mol. The summed E-state index contributed by atoms with van der Waals surface area (Å²) in [7, 11) is 1.29. The second-order valence-electron chi connectivity index (χ2n) is 5.59. The van der Waals surface area contributed by atoms with Crippen LogP contribution in [0.25, 0.3) is 0 Å². The van der Waals surface area contributed by atoms with E-state index in [4.69, 9.17) is 14.9 Å². The highest BCUT2D eigenvalue weighted by atomic mass is 16.5. The van der Waals surface area contributed by atoms with Crippen LogP contribution in [0.15, 0.2) is 16.4 Å². The maximum Gasteiger partial charge on any atom is 0.331 e. The Bertz CT molecular complexity index is 557. The van der Waals surface area contributed by atoms with Gasteiger partial charge in [-0.15, -0.1) is 0 Å². The van der Waals surface area contributed by atoms with Crippen molar-refractivity contribution >= 4 is 17.7 Å². The maximum absolute atomic E-state index is 11.2. The number of aliphatic carboxylic acids is 2. The topological polar surface area (TPSA) is 169 Å². The third-order valence-corrected chi connectivity index (χ3v) is 3.49. The summed E-state index contributed by atoms with van der Waals surface area (Å²) in [5, 5.41) is 49.8. The smallest absolute Gasteiger partial charge is 0.331 e. The summed E-state index contributed by atoms with van der Waals surface area (Å²) in [6.07, 6.45) is -1.63. The molecule has 0 aromatic rings.